The highest BCUT2D eigenvalue weighted by atomic mass is 35.5. The third-order valence-electron chi connectivity index (χ3n) is 2.75. The number of anilines is 1. The van der Waals surface area contributed by atoms with E-state index in [0.717, 1.165) is 12.1 Å². The number of nitrogen functional groups attached to an aromatic ring is 1. The third-order valence-corrected chi connectivity index (χ3v) is 3.33. The number of hydrogen-bond acceptors (Lipinski definition) is 4. The number of ether oxygens (including phenoxy) is 1. The fourth-order valence-corrected chi connectivity index (χ4v) is 2.56. The second kappa shape index (κ2) is 5.91. The molecule has 5 nitrogen and oxygen atoms in total. The Hall–Kier alpha value is -1.79. The van der Waals surface area contributed by atoms with Crippen molar-refractivity contribution in [2.45, 2.75) is 13.8 Å². The molecule has 2 N–H and O–H groups in total. The van der Waals surface area contributed by atoms with Crippen molar-refractivity contribution in [1.82, 2.24) is 9.55 Å². The summed E-state index contributed by atoms with van der Waals surface area (Å²) in [5, 5.41) is 0.116. The molecule has 0 atom stereocenters. The molecule has 2 rings (SSSR count). The number of aryl methyl sites for hydroxylation is 1. The zero-order valence-corrected chi connectivity index (χ0v) is 12.8. The molecular formula is C13H12Cl2FN3O2. The number of rotatable bonds is 3. The van der Waals surface area contributed by atoms with Gasteiger partial charge in [0.1, 0.15) is 17.5 Å². The number of benzene rings is 1. The summed E-state index contributed by atoms with van der Waals surface area (Å²) in [6.07, 6.45) is 0. The molecular weight excluding hydrogens is 320 g/mol. The molecule has 1 aromatic carbocycles. The van der Waals surface area contributed by atoms with Gasteiger partial charge in [0.05, 0.1) is 22.3 Å². The molecule has 21 heavy (non-hydrogen) atoms. The van der Waals surface area contributed by atoms with Crippen LogP contribution in [0.1, 0.15) is 23.2 Å². The molecule has 0 amide bonds. The summed E-state index contributed by atoms with van der Waals surface area (Å²) in [7, 11) is 0. The van der Waals surface area contributed by atoms with Crippen LogP contribution < -0.4 is 5.73 Å². The summed E-state index contributed by atoms with van der Waals surface area (Å²) < 4.78 is 19.5. The fraction of sp³-hybridized carbons (Fsp3) is 0.231. The summed E-state index contributed by atoms with van der Waals surface area (Å²) in [5.74, 6) is -0.811. The Morgan fingerprint density at radius 2 is 2.00 bits per heavy atom. The second-order valence-corrected chi connectivity index (χ2v) is 4.98. The van der Waals surface area contributed by atoms with E-state index in [0.29, 0.717) is 5.82 Å². The zero-order valence-electron chi connectivity index (χ0n) is 11.3. The number of imidazole rings is 1. The van der Waals surface area contributed by atoms with E-state index in [2.05, 4.69) is 4.98 Å². The number of halogens is 3. The summed E-state index contributed by atoms with van der Waals surface area (Å²) in [6.45, 7) is 3.49. The number of nitrogens with zero attached hydrogens (tertiary/aromatic N) is 2. The average molecular weight is 332 g/mol. The van der Waals surface area contributed by atoms with Crippen LogP contribution in [-0.2, 0) is 4.74 Å². The first-order valence-electron chi connectivity index (χ1n) is 6.03. The van der Waals surface area contributed by atoms with Gasteiger partial charge in [-0.2, -0.15) is 0 Å². The minimum Gasteiger partial charge on any atom is -0.461 e. The van der Waals surface area contributed by atoms with E-state index in [9.17, 15) is 9.18 Å². The SMILES string of the molecule is CCOC(=O)c1nc(C)n(-c2c(Cl)cc(F)cc2Cl)c1N. The van der Waals surface area contributed by atoms with E-state index in [1.54, 1.807) is 13.8 Å². The van der Waals surface area contributed by atoms with E-state index >= 15 is 0 Å². The molecule has 8 heteroatoms. The number of carbonyl (C=O) groups excluding carboxylic acids is 1. The number of aromatic nitrogens is 2. The number of hydrogen-bond donors (Lipinski definition) is 1. The Kier molecular flexibility index (Phi) is 4.39. The molecule has 0 aliphatic carbocycles. The maximum atomic E-state index is 13.3. The molecule has 0 aliphatic heterocycles. The van der Waals surface area contributed by atoms with Gasteiger partial charge in [0.15, 0.2) is 5.69 Å². The lowest BCUT2D eigenvalue weighted by molar-refractivity contribution is 0.0521. The molecule has 0 spiro atoms. The summed E-state index contributed by atoms with van der Waals surface area (Å²) in [6, 6.07) is 2.21. The molecule has 0 radical (unpaired) electrons. The molecule has 0 saturated carbocycles. The Morgan fingerprint density at radius 3 is 2.52 bits per heavy atom. The zero-order chi connectivity index (χ0) is 15.7. The van der Waals surface area contributed by atoms with Gasteiger partial charge in [-0.1, -0.05) is 23.2 Å². The highest BCUT2D eigenvalue weighted by Crippen LogP contribution is 2.33. The van der Waals surface area contributed by atoms with Crippen molar-refractivity contribution in [3.63, 3.8) is 0 Å². The monoisotopic (exact) mass is 331 g/mol. The largest absolute Gasteiger partial charge is 0.461 e. The highest BCUT2D eigenvalue weighted by molar-refractivity contribution is 6.37. The van der Waals surface area contributed by atoms with E-state index in [1.165, 1.54) is 4.57 Å². The van der Waals surface area contributed by atoms with Gasteiger partial charge in [-0.25, -0.2) is 14.2 Å². The molecule has 0 saturated heterocycles. The maximum Gasteiger partial charge on any atom is 0.360 e. The van der Waals surface area contributed by atoms with Crippen molar-refractivity contribution in [2.75, 3.05) is 12.3 Å². The predicted octanol–water partition coefficient (Wildman–Crippen LogP) is 3.39. The van der Waals surface area contributed by atoms with Crippen LogP contribution in [0.15, 0.2) is 12.1 Å². The first kappa shape index (κ1) is 15.6. The molecule has 1 aromatic heterocycles. The van der Waals surface area contributed by atoms with E-state index < -0.39 is 11.8 Å². The van der Waals surface area contributed by atoms with Crippen molar-refractivity contribution in [2.24, 2.45) is 0 Å². The Labute approximate surface area is 130 Å². The molecule has 112 valence electrons. The van der Waals surface area contributed by atoms with Crippen LogP contribution in [-0.4, -0.2) is 22.1 Å². The van der Waals surface area contributed by atoms with Crippen molar-refractivity contribution in [3.8, 4) is 5.69 Å². The van der Waals surface area contributed by atoms with Crippen molar-refractivity contribution < 1.29 is 13.9 Å². The average Bonchev–Trinajstić information content (AvgIpc) is 2.66. The van der Waals surface area contributed by atoms with Gasteiger partial charge < -0.3 is 10.5 Å². The minimum atomic E-state index is -0.647. The van der Waals surface area contributed by atoms with Gasteiger partial charge in [-0.3, -0.25) is 4.57 Å². The van der Waals surface area contributed by atoms with Crippen LogP contribution in [0.5, 0.6) is 0 Å². The predicted molar refractivity (Wildman–Crippen MR) is 78.6 cm³/mol. The molecule has 0 bridgehead atoms. The normalized spacial score (nSPS) is 10.7. The van der Waals surface area contributed by atoms with E-state index in [1.807, 2.05) is 0 Å². The van der Waals surface area contributed by atoms with Crippen LogP contribution in [0.3, 0.4) is 0 Å². The van der Waals surface area contributed by atoms with Crippen LogP contribution in [0.4, 0.5) is 10.2 Å². The van der Waals surface area contributed by atoms with Gasteiger partial charge in [0.25, 0.3) is 0 Å². The smallest absolute Gasteiger partial charge is 0.360 e. The van der Waals surface area contributed by atoms with Crippen LogP contribution in [0, 0.1) is 12.7 Å². The number of nitrogens with two attached hydrogens (primary N) is 1. The molecule has 2 aromatic rings. The summed E-state index contributed by atoms with van der Waals surface area (Å²) in [4.78, 5) is 15.8. The lowest BCUT2D eigenvalue weighted by Gasteiger charge is -2.12. The third kappa shape index (κ3) is 2.82. The van der Waals surface area contributed by atoms with E-state index in [-0.39, 0.29) is 33.9 Å². The van der Waals surface area contributed by atoms with Gasteiger partial charge in [-0.05, 0) is 26.0 Å². The standard InChI is InChI=1S/C13H12Cl2FN3O2/c1-3-21-13(20)10-12(17)19(6(2)18-10)11-8(14)4-7(16)5-9(11)15/h4-5H,3,17H2,1-2H3. The lowest BCUT2D eigenvalue weighted by Crippen LogP contribution is -2.10. The van der Waals surface area contributed by atoms with E-state index in [4.69, 9.17) is 33.7 Å². The van der Waals surface area contributed by atoms with Gasteiger partial charge in [0, 0.05) is 0 Å². The van der Waals surface area contributed by atoms with Gasteiger partial charge in [-0.15, -0.1) is 0 Å². The first-order valence-corrected chi connectivity index (χ1v) is 6.79. The minimum absolute atomic E-state index is 0.0290. The van der Waals surface area contributed by atoms with Crippen LogP contribution in [0.25, 0.3) is 5.69 Å². The Morgan fingerprint density at radius 1 is 1.43 bits per heavy atom. The highest BCUT2D eigenvalue weighted by Gasteiger charge is 2.23. The van der Waals surface area contributed by atoms with Crippen molar-refractivity contribution in [3.05, 3.63) is 39.5 Å². The van der Waals surface area contributed by atoms with Gasteiger partial charge >= 0.3 is 5.97 Å². The van der Waals surface area contributed by atoms with Crippen molar-refractivity contribution >= 4 is 35.0 Å². The summed E-state index contributed by atoms with van der Waals surface area (Å²) in [5.41, 5.74) is 6.16. The number of esters is 1. The topological polar surface area (TPSA) is 70.1 Å². The maximum absolute atomic E-state index is 13.3. The first-order chi connectivity index (χ1) is 9.86. The molecule has 0 aliphatic rings. The second-order valence-electron chi connectivity index (χ2n) is 4.17. The Balaban J connectivity index is 2.64. The summed E-state index contributed by atoms with van der Waals surface area (Å²) >= 11 is 12.0. The lowest BCUT2D eigenvalue weighted by atomic mass is 10.3. The van der Waals surface area contributed by atoms with Gasteiger partial charge in [0.2, 0.25) is 0 Å². The molecule has 1 heterocycles. The van der Waals surface area contributed by atoms with Crippen LogP contribution in [0.2, 0.25) is 10.0 Å². The Bertz CT molecular complexity index is 693. The fourth-order valence-electron chi connectivity index (χ4n) is 1.93. The van der Waals surface area contributed by atoms with Crippen molar-refractivity contribution in [1.29, 1.82) is 0 Å². The quantitative estimate of drug-likeness (QED) is 0.875. The molecule has 0 unspecified atom stereocenters. The number of carbonyl (C=O) groups is 1. The molecule has 0 fully saturated rings. The van der Waals surface area contributed by atoms with Crippen LogP contribution >= 0.6 is 23.2 Å².